The van der Waals surface area contributed by atoms with Crippen LogP contribution in [0.15, 0.2) is 48.5 Å². The van der Waals surface area contributed by atoms with E-state index in [1.165, 1.54) is 16.9 Å². The molecule has 1 aromatic heterocycles. The van der Waals surface area contributed by atoms with Crippen molar-refractivity contribution < 1.29 is 14.3 Å². The highest BCUT2D eigenvalue weighted by molar-refractivity contribution is 7.15. The van der Waals surface area contributed by atoms with Crippen molar-refractivity contribution in [2.45, 2.75) is 39.2 Å². The summed E-state index contributed by atoms with van der Waals surface area (Å²) in [4.78, 5) is 26.8. The summed E-state index contributed by atoms with van der Waals surface area (Å²) >= 11 is 1.30. The van der Waals surface area contributed by atoms with Gasteiger partial charge in [-0.1, -0.05) is 35.6 Å². The van der Waals surface area contributed by atoms with Gasteiger partial charge in [0.2, 0.25) is 11.0 Å². The molecule has 1 fully saturated rings. The minimum absolute atomic E-state index is 0.0461. The number of anilines is 2. The van der Waals surface area contributed by atoms with Gasteiger partial charge in [-0.25, -0.2) is 0 Å². The standard InChI is InChI=1S/C23H24N4O3S/c1-14-9-10-18(11-15(14)2)27-13-17(12-20(27)28)22-25-26-23(31-22)24-21(29)16(3)30-19-7-5-4-6-8-19/h4-11,16-17H,12-13H2,1-3H3,(H,24,26,29). The highest BCUT2D eigenvalue weighted by atomic mass is 32.1. The number of hydrogen-bond acceptors (Lipinski definition) is 6. The average Bonchev–Trinajstić information content (AvgIpc) is 3.37. The van der Waals surface area contributed by atoms with E-state index >= 15 is 0 Å². The van der Waals surface area contributed by atoms with Crippen molar-refractivity contribution in [1.29, 1.82) is 0 Å². The Morgan fingerprint density at radius 3 is 2.68 bits per heavy atom. The number of para-hydroxylation sites is 1. The number of nitrogens with zero attached hydrogens (tertiary/aromatic N) is 3. The molecule has 3 aromatic rings. The highest BCUT2D eigenvalue weighted by Crippen LogP contribution is 2.34. The number of ether oxygens (including phenoxy) is 1. The molecule has 2 amide bonds. The van der Waals surface area contributed by atoms with E-state index in [1.807, 2.05) is 43.3 Å². The molecular formula is C23H24N4O3S. The van der Waals surface area contributed by atoms with Gasteiger partial charge in [0.25, 0.3) is 5.91 Å². The number of amides is 2. The molecule has 2 unspecified atom stereocenters. The number of benzene rings is 2. The number of rotatable bonds is 6. The van der Waals surface area contributed by atoms with Crippen LogP contribution >= 0.6 is 11.3 Å². The van der Waals surface area contributed by atoms with Crippen LogP contribution in [0, 0.1) is 13.8 Å². The average molecular weight is 437 g/mol. The predicted octanol–water partition coefficient (Wildman–Crippen LogP) is 4.08. The summed E-state index contributed by atoms with van der Waals surface area (Å²) in [5, 5.41) is 12.2. The van der Waals surface area contributed by atoms with Gasteiger partial charge in [-0.2, -0.15) is 0 Å². The Morgan fingerprint density at radius 2 is 1.94 bits per heavy atom. The Hall–Kier alpha value is -3.26. The fourth-order valence-electron chi connectivity index (χ4n) is 3.43. The van der Waals surface area contributed by atoms with Crippen LogP contribution in [-0.4, -0.2) is 34.7 Å². The van der Waals surface area contributed by atoms with Gasteiger partial charge >= 0.3 is 0 Å². The fourth-order valence-corrected chi connectivity index (χ4v) is 4.27. The molecule has 2 heterocycles. The van der Waals surface area contributed by atoms with Crippen molar-refractivity contribution in [3.8, 4) is 5.75 Å². The summed E-state index contributed by atoms with van der Waals surface area (Å²) in [6.07, 6.45) is -0.300. The van der Waals surface area contributed by atoms with Crippen molar-refractivity contribution in [3.63, 3.8) is 0 Å². The highest BCUT2D eigenvalue weighted by Gasteiger charge is 2.34. The lowest BCUT2D eigenvalue weighted by molar-refractivity contribution is -0.122. The van der Waals surface area contributed by atoms with Gasteiger partial charge in [0, 0.05) is 24.6 Å². The summed E-state index contributed by atoms with van der Waals surface area (Å²) < 4.78 is 5.64. The molecule has 0 saturated carbocycles. The smallest absolute Gasteiger partial charge is 0.266 e. The maximum absolute atomic E-state index is 12.6. The van der Waals surface area contributed by atoms with Gasteiger partial charge in [-0.15, -0.1) is 10.2 Å². The minimum Gasteiger partial charge on any atom is -0.481 e. The number of hydrogen-bond donors (Lipinski definition) is 1. The van der Waals surface area contributed by atoms with Gasteiger partial charge < -0.3 is 9.64 Å². The van der Waals surface area contributed by atoms with Crippen LogP contribution < -0.4 is 15.0 Å². The molecule has 7 nitrogen and oxygen atoms in total. The molecule has 0 spiro atoms. The van der Waals surface area contributed by atoms with E-state index < -0.39 is 6.10 Å². The van der Waals surface area contributed by atoms with Gasteiger partial charge in [0.1, 0.15) is 10.8 Å². The van der Waals surface area contributed by atoms with Crippen LogP contribution in [0.5, 0.6) is 5.75 Å². The summed E-state index contributed by atoms with van der Waals surface area (Å²) in [6.45, 7) is 6.33. The second-order valence-electron chi connectivity index (χ2n) is 7.68. The second-order valence-corrected chi connectivity index (χ2v) is 8.69. The SMILES string of the molecule is Cc1ccc(N2CC(c3nnc(NC(=O)C(C)Oc4ccccc4)s3)CC2=O)cc1C. The number of nitrogens with one attached hydrogen (secondary N) is 1. The zero-order chi connectivity index (χ0) is 22.0. The molecule has 2 atom stereocenters. The molecule has 8 heteroatoms. The summed E-state index contributed by atoms with van der Waals surface area (Å²) in [7, 11) is 0. The minimum atomic E-state index is -0.678. The van der Waals surface area contributed by atoms with E-state index in [4.69, 9.17) is 4.74 Å². The van der Waals surface area contributed by atoms with E-state index in [9.17, 15) is 9.59 Å². The molecule has 31 heavy (non-hydrogen) atoms. The third-order valence-corrected chi connectivity index (χ3v) is 6.37. The van der Waals surface area contributed by atoms with Gasteiger partial charge in [0.15, 0.2) is 6.10 Å². The van der Waals surface area contributed by atoms with Crippen LogP contribution in [0.1, 0.15) is 35.4 Å². The van der Waals surface area contributed by atoms with Crippen LogP contribution in [0.4, 0.5) is 10.8 Å². The Kier molecular flexibility index (Phi) is 5.99. The molecule has 0 bridgehead atoms. The molecule has 0 radical (unpaired) electrons. The quantitative estimate of drug-likeness (QED) is 0.629. The van der Waals surface area contributed by atoms with Crippen LogP contribution in [0.2, 0.25) is 0 Å². The van der Waals surface area contributed by atoms with Crippen molar-refractivity contribution >= 4 is 34.0 Å². The lowest BCUT2D eigenvalue weighted by atomic mass is 10.1. The van der Waals surface area contributed by atoms with E-state index in [0.29, 0.717) is 23.8 Å². The Labute approximate surface area is 185 Å². The molecular weight excluding hydrogens is 412 g/mol. The first-order valence-corrected chi connectivity index (χ1v) is 11.0. The van der Waals surface area contributed by atoms with E-state index in [-0.39, 0.29) is 17.7 Å². The normalized spacial score (nSPS) is 16.9. The molecule has 160 valence electrons. The molecule has 0 aliphatic carbocycles. The number of aryl methyl sites for hydroxylation is 2. The lowest BCUT2D eigenvalue weighted by Crippen LogP contribution is -2.30. The van der Waals surface area contributed by atoms with Gasteiger partial charge in [-0.05, 0) is 56.2 Å². The third-order valence-electron chi connectivity index (χ3n) is 5.37. The zero-order valence-electron chi connectivity index (χ0n) is 17.7. The van der Waals surface area contributed by atoms with Gasteiger partial charge in [-0.3, -0.25) is 14.9 Å². The first kappa shape index (κ1) is 21.0. The predicted molar refractivity (Wildman–Crippen MR) is 121 cm³/mol. The van der Waals surface area contributed by atoms with Crippen molar-refractivity contribution in [2.24, 2.45) is 0 Å². The van der Waals surface area contributed by atoms with E-state index in [2.05, 4.69) is 22.4 Å². The largest absolute Gasteiger partial charge is 0.481 e. The number of aromatic nitrogens is 2. The Balaban J connectivity index is 1.39. The maximum atomic E-state index is 12.6. The van der Waals surface area contributed by atoms with Crippen LogP contribution in [0.3, 0.4) is 0 Å². The first-order valence-electron chi connectivity index (χ1n) is 10.1. The molecule has 1 saturated heterocycles. The Morgan fingerprint density at radius 1 is 1.16 bits per heavy atom. The summed E-state index contributed by atoms with van der Waals surface area (Å²) in [6, 6.07) is 15.2. The summed E-state index contributed by atoms with van der Waals surface area (Å²) in [5.41, 5.74) is 3.25. The van der Waals surface area contributed by atoms with Crippen molar-refractivity contribution in [1.82, 2.24) is 10.2 Å². The third kappa shape index (κ3) is 4.74. The molecule has 4 rings (SSSR count). The van der Waals surface area contributed by atoms with E-state index in [1.54, 1.807) is 24.0 Å². The van der Waals surface area contributed by atoms with E-state index in [0.717, 1.165) is 16.3 Å². The van der Waals surface area contributed by atoms with Crippen LogP contribution in [0.25, 0.3) is 0 Å². The number of carbonyl (C=O) groups excluding carboxylic acids is 2. The molecule has 1 N–H and O–H groups in total. The van der Waals surface area contributed by atoms with Crippen molar-refractivity contribution in [3.05, 3.63) is 64.7 Å². The van der Waals surface area contributed by atoms with Gasteiger partial charge in [0.05, 0.1) is 0 Å². The maximum Gasteiger partial charge on any atom is 0.266 e. The molecule has 2 aromatic carbocycles. The number of carbonyl (C=O) groups is 2. The summed E-state index contributed by atoms with van der Waals surface area (Å²) in [5.74, 6) is 0.346. The second kappa shape index (κ2) is 8.85. The monoisotopic (exact) mass is 436 g/mol. The zero-order valence-corrected chi connectivity index (χ0v) is 18.5. The van der Waals surface area contributed by atoms with Crippen molar-refractivity contribution in [2.75, 3.05) is 16.8 Å². The van der Waals surface area contributed by atoms with Crippen LogP contribution in [-0.2, 0) is 9.59 Å². The Bertz CT molecular complexity index is 1100. The molecule has 1 aliphatic rings. The topological polar surface area (TPSA) is 84.4 Å². The fraction of sp³-hybridized carbons (Fsp3) is 0.304. The molecule has 1 aliphatic heterocycles. The first-order chi connectivity index (χ1) is 14.9. The lowest BCUT2D eigenvalue weighted by Gasteiger charge is -2.17.